The van der Waals surface area contributed by atoms with Crippen molar-refractivity contribution in [3.05, 3.63) is 45.5 Å². The van der Waals surface area contributed by atoms with Crippen molar-refractivity contribution in [3.8, 4) is 5.75 Å². The average molecular weight is 478 g/mol. The summed E-state index contributed by atoms with van der Waals surface area (Å²) < 4.78 is 20.6. The van der Waals surface area contributed by atoms with Crippen molar-refractivity contribution in [3.63, 3.8) is 0 Å². The van der Waals surface area contributed by atoms with Gasteiger partial charge in [0.15, 0.2) is 0 Å². The molecule has 0 unspecified atom stereocenters. The fraction of sp³-hybridized carbons (Fsp3) is 0.522. The number of nitro benzene ring substituents is 1. The molecule has 1 N–H and O–H groups in total. The molecule has 0 radical (unpaired) electrons. The van der Waals surface area contributed by atoms with Crippen LogP contribution in [0.25, 0.3) is 0 Å². The van der Waals surface area contributed by atoms with Crippen LogP contribution in [0.3, 0.4) is 0 Å². The number of esters is 3. The van der Waals surface area contributed by atoms with Crippen LogP contribution in [0.2, 0.25) is 0 Å². The van der Waals surface area contributed by atoms with Gasteiger partial charge in [-0.2, -0.15) is 0 Å². The molecule has 11 heteroatoms. The second-order valence-electron chi connectivity index (χ2n) is 7.99. The van der Waals surface area contributed by atoms with Crippen molar-refractivity contribution < 1.29 is 38.3 Å². The lowest BCUT2D eigenvalue weighted by atomic mass is 9.70. The SMILES string of the molecule is CCOC(=O)C1(C(=O)OCC)C[C@](C(=O)OC)(c2ccc(OC)cc2[N+](=O)[O-])[C@@H](C=C(C)C)N1. The van der Waals surface area contributed by atoms with E-state index in [4.69, 9.17) is 18.9 Å². The number of nitro groups is 1. The van der Waals surface area contributed by atoms with Crippen molar-refractivity contribution in [2.45, 2.75) is 51.1 Å². The van der Waals surface area contributed by atoms with Gasteiger partial charge in [0.2, 0.25) is 5.54 Å². The number of nitrogens with one attached hydrogen (secondary N) is 1. The summed E-state index contributed by atoms with van der Waals surface area (Å²) in [6.07, 6.45) is 1.09. The lowest BCUT2D eigenvalue weighted by Gasteiger charge is -2.31. The molecule has 2 atom stereocenters. The quantitative estimate of drug-likeness (QED) is 0.140. The summed E-state index contributed by atoms with van der Waals surface area (Å²) in [6, 6.07) is 2.95. The molecular weight excluding hydrogens is 448 g/mol. The molecule has 0 aliphatic carbocycles. The second kappa shape index (κ2) is 10.6. The Labute approximate surface area is 197 Å². The fourth-order valence-corrected chi connectivity index (χ4v) is 4.26. The molecule has 1 fully saturated rings. The molecule has 186 valence electrons. The highest BCUT2D eigenvalue weighted by Crippen LogP contribution is 2.49. The normalized spacial score (nSPS) is 20.7. The maximum absolute atomic E-state index is 13.5. The average Bonchev–Trinajstić information content (AvgIpc) is 3.14. The smallest absolute Gasteiger partial charge is 0.338 e. The van der Waals surface area contributed by atoms with Crippen molar-refractivity contribution in [2.75, 3.05) is 27.4 Å². The molecule has 0 spiro atoms. The number of allylic oxidation sites excluding steroid dienone is 1. The molecule has 1 aromatic rings. The first-order valence-corrected chi connectivity index (χ1v) is 10.7. The Morgan fingerprint density at radius 3 is 2.15 bits per heavy atom. The molecule has 1 aromatic carbocycles. The summed E-state index contributed by atoms with van der Waals surface area (Å²) >= 11 is 0. The van der Waals surface area contributed by atoms with E-state index in [2.05, 4.69) is 5.32 Å². The van der Waals surface area contributed by atoms with Gasteiger partial charge in [-0.3, -0.25) is 20.2 Å². The topological polar surface area (TPSA) is 143 Å². The van der Waals surface area contributed by atoms with E-state index in [1.165, 1.54) is 25.3 Å². The molecule has 1 aliphatic heterocycles. The van der Waals surface area contributed by atoms with E-state index in [0.29, 0.717) is 0 Å². The van der Waals surface area contributed by atoms with E-state index in [1.54, 1.807) is 33.8 Å². The summed E-state index contributed by atoms with van der Waals surface area (Å²) in [5.74, 6) is -2.58. The van der Waals surface area contributed by atoms with Crippen LogP contribution >= 0.6 is 0 Å². The van der Waals surface area contributed by atoms with Gasteiger partial charge in [0, 0.05) is 18.0 Å². The largest absolute Gasteiger partial charge is 0.497 e. The van der Waals surface area contributed by atoms with E-state index in [1.807, 2.05) is 0 Å². The van der Waals surface area contributed by atoms with Crippen molar-refractivity contribution in [1.29, 1.82) is 0 Å². The Kier molecular flexibility index (Phi) is 8.38. The Morgan fingerprint density at radius 1 is 1.12 bits per heavy atom. The zero-order valence-corrected chi connectivity index (χ0v) is 20.1. The number of hydrogen-bond acceptors (Lipinski definition) is 10. The number of rotatable bonds is 9. The molecule has 2 rings (SSSR count). The molecule has 1 saturated heterocycles. The third-order valence-corrected chi connectivity index (χ3v) is 5.66. The Morgan fingerprint density at radius 2 is 1.71 bits per heavy atom. The zero-order chi connectivity index (χ0) is 25.7. The Bertz CT molecular complexity index is 982. The van der Waals surface area contributed by atoms with Crippen molar-refractivity contribution >= 4 is 23.6 Å². The van der Waals surface area contributed by atoms with Crippen LogP contribution in [-0.2, 0) is 34.0 Å². The molecular formula is C23H30N2O9. The molecule has 0 bridgehead atoms. The fourth-order valence-electron chi connectivity index (χ4n) is 4.26. The van der Waals surface area contributed by atoms with Gasteiger partial charge >= 0.3 is 17.9 Å². The van der Waals surface area contributed by atoms with Crippen LogP contribution in [0.1, 0.15) is 39.7 Å². The van der Waals surface area contributed by atoms with E-state index < -0.39 is 51.9 Å². The lowest BCUT2D eigenvalue weighted by Crippen LogP contribution is -2.57. The third kappa shape index (κ3) is 4.60. The highest BCUT2D eigenvalue weighted by Gasteiger charge is 2.68. The van der Waals surface area contributed by atoms with Crippen molar-refractivity contribution in [1.82, 2.24) is 5.32 Å². The van der Waals surface area contributed by atoms with E-state index in [-0.39, 0.29) is 24.5 Å². The minimum atomic E-state index is -2.11. The van der Waals surface area contributed by atoms with Gasteiger partial charge in [-0.05, 0) is 39.8 Å². The predicted octanol–water partition coefficient (Wildman–Crippen LogP) is 2.21. The van der Waals surface area contributed by atoms with Crippen LogP contribution in [0.4, 0.5) is 5.69 Å². The monoisotopic (exact) mass is 478 g/mol. The highest BCUT2D eigenvalue weighted by atomic mass is 16.6. The molecule has 0 aromatic heterocycles. The standard InChI is InChI=1S/C23H30N2O9/c1-7-33-20(27)23(21(28)34-8-2)13-22(19(26)32-6,18(24-23)11-14(3)4)16-10-9-15(31-5)12-17(16)25(29)30/h9-12,18,24H,7-8,13H2,1-6H3/t18-,22+/m1/s1. The Hall–Kier alpha value is -3.47. The first-order valence-electron chi connectivity index (χ1n) is 10.7. The maximum atomic E-state index is 13.5. The van der Waals surface area contributed by atoms with Gasteiger partial charge in [-0.15, -0.1) is 0 Å². The number of ether oxygens (including phenoxy) is 4. The van der Waals surface area contributed by atoms with Crippen molar-refractivity contribution in [2.24, 2.45) is 0 Å². The van der Waals surface area contributed by atoms with Gasteiger partial charge in [0.25, 0.3) is 5.69 Å². The van der Waals surface area contributed by atoms with Crippen LogP contribution in [0, 0.1) is 10.1 Å². The van der Waals surface area contributed by atoms with Crippen LogP contribution in [0.15, 0.2) is 29.8 Å². The molecule has 34 heavy (non-hydrogen) atoms. The predicted molar refractivity (Wildman–Crippen MR) is 120 cm³/mol. The van der Waals surface area contributed by atoms with Gasteiger partial charge in [-0.1, -0.05) is 11.6 Å². The first kappa shape index (κ1) is 26.8. The minimum absolute atomic E-state index is 0.0388. The van der Waals surface area contributed by atoms with Crippen LogP contribution in [0.5, 0.6) is 5.75 Å². The van der Waals surface area contributed by atoms with Crippen LogP contribution in [-0.4, -0.2) is 61.8 Å². The highest BCUT2D eigenvalue weighted by molar-refractivity contribution is 6.07. The summed E-state index contributed by atoms with van der Waals surface area (Å²) in [7, 11) is 2.48. The van der Waals surface area contributed by atoms with Gasteiger partial charge in [0.1, 0.15) is 11.2 Å². The summed E-state index contributed by atoms with van der Waals surface area (Å²) in [4.78, 5) is 51.1. The Balaban J connectivity index is 2.95. The number of carbonyl (C=O) groups is 3. The van der Waals surface area contributed by atoms with Crippen LogP contribution < -0.4 is 10.1 Å². The van der Waals surface area contributed by atoms with E-state index in [0.717, 1.165) is 12.7 Å². The number of hydrogen-bond donors (Lipinski definition) is 1. The third-order valence-electron chi connectivity index (χ3n) is 5.66. The molecule has 11 nitrogen and oxygen atoms in total. The number of benzene rings is 1. The zero-order valence-electron chi connectivity index (χ0n) is 20.1. The lowest BCUT2D eigenvalue weighted by molar-refractivity contribution is -0.386. The summed E-state index contributed by atoms with van der Waals surface area (Å²) in [5.41, 5.74) is -3.70. The summed E-state index contributed by atoms with van der Waals surface area (Å²) in [6.45, 7) is 6.57. The minimum Gasteiger partial charge on any atom is -0.497 e. The number of nitrogens with zero attached hydrogens (tertiary/aromatic N) is 1. The van der Waals surface area contributed by atoms with E-state index >= 15 is 0 Å². The second-order valence-corrected chi connectivity index (χ2v) is 7.99. The molecule has 1 aliphatic rings. The maximum Gasteiger partial charge on any atom is 0.338 e. The molecule has 0 amide bonds. The van der Waals surface area contributed by atoms with Gasteiger partial charge in [0.05, 0.1) is 38.4 Å². The summed E-state index contributed by atoms with van der Waals surface area (Å²) in [5, 5.41) is 15.0. The first-order chi connectivity index (χ1) is 16.0. The van der Waals surface area contributed by atoms with E-state index in [9.17, 15) is 24.5 Å². The number of methoxy groups -OCH3 is 2. The van der Waals surface area contributed by atoms with Gasteiger partial charge < -0.3 is 18.9 Å². The molecule has 1 heterocycles. The van der Waals surface area contributed by atoms with Gasteiger partial charge in [-0.25, -0.2) is 9.59 Å². The molecule has 0 saturated carbocycles. The number of carbonyl (C=O) groups excluding carboxylic acids is 3.